The van der Waals surface area contributed by atoms with Gasteiger partial charge in [-0.1, -0.05) is 0 Å². The SMILES string of the molecule is O=C(O)CCC(C(=O)O)N1CC2(CCOCC2)C1. The van der Waals surface area contributed by atoms with Gasteiger partial charge < -0.3 is 14.9 Å². The van der Waals surface area contributed by atoms with Crippen molar-refractivity contribution in [1.29, 1.82) is 0 Å². The molecule has 0 aromatic rings. The maximum atomic E-state index is 11.2. The van der Waals surface area contributed by atoms with E-state index < -0.39 is 18.0 Å². The zero-order valence-corrected chi connectivity index (χ0v) is 10.3. The van der Waals surface area contributed by atoms with E-state index in [-0.39, 0.29) is 18.3 Å². The van der Waals surface area contributed by atoms with Crippen LogP contribution < -0.4 is 0 Å². The van der Waals surface area contributed by atoms with Gasteiger partial charge in [0.15, 0.2) is 0 Å². The molecule has 0 saturated carbocycles. The first-order valence-corrected chi connectivity index (χ1v) is 6.29. The smallest absolute Gasteiger partial charge is 0.320 e. The van der Waals surface area contributed by atoms with E-state index in [9.17, 15) is 9.59 Å². The first kappa shape index (κ1) is 13.3. The molecule has 0 bridgehead atoms. The largest absolute Gasteiger partial charge is 0.481 e. The number of likely N-dealkylation sites (tertiary alicyclic amines) is 1. The molecule has 0 amide bonds. The van der Waals surface area contributed by atoms with Crippen LogP contribution in [0.3, 0.4) is 0 Å². The van der Waals surface area contributed by atoms with Gasteiger partial charge in [-0.25, -0.2) is 0 Å². The third-order valence-corrected chi connectivity index (χ3v) is 3.99. The van der Waals surface area contributed by atoms with Gasteiger partial charge >= 0.3 is 11.9 Å². The van der Waals surface area contributed by atoms with E-state index in [1.54, 1.807) is 0 Å². The highest BCUT2D eigenvalue weighted by molar-refractivity contribution is 5.75. The molecule has 2 fully saturated rings. The second kappa shape index (κ2) is 5.24. The maximum Gasteiger partial charge on any atom is 0.320 e. The van der Waals surface area contributed by atoms with Crippen LogP contribution in [0.5, 0.6) is 0 Å². The summed E-state index contributed by atoms with van der Waals surface area (Å²) in [5.74, 6) is -1.86. The molecule has 2 heterocycles. The van der Waals surface area contributed by atoms with Gasteiger partial charge in [-0.05, 0) is 19.3 Å². The van der Waals surface area contributed by atoms with Crippen molar-refractivity contribution in [3.8, 4) is 0 Å². The average molecular weight is 257 g/mol. The summed E-state index contributed by atoms with van der Waals surface area (Å²) in [6.45, 7) is 3.02. The van der Waals surface area contributed by atoms with Crippen molar-refractivity contribution in [2.75, 3.05) is 26.3 Å². The second-order valence-corrected chi connectivity index (χ2v) is 5.30. The van der Waals surface area contributed by atoms with Crippen LogP contribution in [0, 0.1) is 5.41 Å². The van der Waals surface area contributed by atoms with Crippen molar-refractivity contribution < 1.29 is 24.5 Å². The normalized spacial score (nSPS) is 24.4. The molecule has 0 aromatic heterocycles. The molecule has 18 heavy (non-hydrogen) atoms. The number of hydrogen-bond acceptors (Lipinski definition) is 4. The Hall–Kier alpha value is -1.14. The summed E-state index contributed by atoms with van der Waals surface area (Å²) in [4.78, 5) is 23.6. The van der Waals surface area contributed by atoms with E-state index in [4.69, 9.17) is 14.9 Å². The van der Waals surface area contributed by atoms with Gasteiger partial charge in [-0.3, -0.25) is 14.5 Å². The molecule has 2 saturated heterocycles. The number of aliphatic carboxylic acids is 2. The highest BCUT2D eigenvalue weighted by Crippen LogP contribution is 2.41. The Morgan fingerprint density at radius 1 is 1.22 bits per heavy atom. The summed E-state index contributed by atoms with van der Waals surface area (Å²) in [6.07, 6.45) is 2.05. The minimum absolute atomic E-state index is 0.0937. The quantitative estimate of drug-likeness (QED) is 0.742. The van der Waals surface area contributed by atoms with Crippen LogP contribution in [-0.2, 0) is 14.3 Å². The molecule has 1 atom stereocenters. The number of nitrogens with zero attached hydrogens (tertiary/aromatic N) is 1. The van der Waals surface area contributed by atoms with Gasteiger partial charge in [0.1, 0.15) is 6.04 Å². The summed E-state index contributed by atoms with van der Waals surface area (Å²) in [5.41, 5.74) is 0.217. The van der Waals surface area contributed by atoms with Gasteiger partial charge in [0.05, 0.1) is 0 Å². The number of ether oxygens (including phenoxy) is 1. The number of rotatable bonds is 5. The highest BCUT2D eigenvalue weighted by Gasteiger charge is 2.47. The molecular formula is C12H19NO5. The molecule has 2 N–H and O–H groups in total. The first-order valence-electron chi connectivity index (χ1n) is 6.29. The first-order chi connectivity index (χ1) is 8.52. The lowest BCUT2D eigenvalue weighted by Gasteiger charge is -2.54. The van der Waals surface area contributed by atoms with Crippen molar-refractivity contribution in [2.24, 2.45) is 5.41 Å². The predicted octanol–water partition coefficient (Wildman–Crippen LogP) is 0.417. The lowest BCUT2D eigenvalue weighted by atomic mass is 9.72. The molecule has 2 aliphatic rings. The van der Waals surface area contributed by atoms with Crippen molar-refractivity contribution in [3.05, 3.63) is 0 Å². The van der Waals surface area contributed by atoms with Crippen LogP contribution in [-0.4, -0.2) is 59.4 Å². The number of carboxylic acid groups (broad SMARTS) is 2. The fraction of sp³-hybridized carbons (Fsp3) is 0.833. The van der Waals surface area contributed by atoms with E-state index in [1.807, 2.05) is 4.90 Å². The van der Waals surface area contributed by atoms with Crippen LogP contribution in [0.4, 0.5) is 0 Å². The fourth-order valence-electron chi connectivity index (χ4n) is 2.88. The fourth-order valence-corrected chi connectivity index (χ4v) is 2.88. The van der Waals surface area contributed by atoms with E-state index in [1.165, 1.54) is 0 Å². The predicted molar refractivity (Wildman–Crippen MR) is 62.4 cm³/mol. The second-order valence-electron chi connectivity index (χ2n) is 5.30. The topological polar surface area (TPSA) is 87.1 Å². The number of hydrogen-bond donors (Lipinski definition) is 2. The van der Waals surface area contributed by atoms with Gasteiger partial charge in [0.2, 0.25) is 0 Å². The molecule has 1 unspecified atom stereocenters. The monoisotopic (exact) mass is 257 g/mol. The van der Waals surface area contributed by atoms with Crippen molar-refractivity contribution in [1.82, 2.24) is 4.90 Å². The van der Waals surface area contributed by atoms with Crippen molar-refractivity contribution in [3.63, 3.8) is 0 Å². The summed E-state index contributed by atoms with van der Waals surface area (Å²) in [7, 11) is 0. The zero-order valence-electron chi connectivity index (χ0n) is 10.3. The third kappa shape index (κ3) is 2.81. The Balaban J connectivity index is 1.86. The van der Waals surface area contributed by atoms with Crippen LogP contribution >= 0.6 is 0 Å². The number of carboxylic acids is 2. The van der Waals surface area contributed by atoms with E-state index in [2.05, 4.69) is 0 Å². The van der Waals surface area contributed by atoms with E-state index in [0.29, 0.717) is 0 Å². The highest BCUT2D eigenvalue weighted by atomic mass is 16.5. The van der Waals surface area contributed by atoms with Crippen LogP contribution in [0.25, 0.3) is 0 Å². The van der Waals surface area contributed by atoms with Gasteiger partial charge in [0.25, 0.3) is 0 Å². The minimum atomic E-state index is -0.942. The lowest BCUT2D eigenvalue weighted by Crippen LogP contribution is -2.63. The summed E-state index contributed by atoms with van der Waals surface area (Å²) >= 11 is 0. The molecule has 6 nitrogen and oxygen atoms in total. The molecule has 6 heteroatoms. The average Bonchev–Trinajstić information content (AvgIpc) is 2.27. The van der Waals surface area contributed by atoms with E-state index in [0.717, 1.165) is 39.1 Å². The molecule has 1 spiro atoms. The molecule has 102 valence electrons. The van der Waals surface area contributed by atoms with Crippen molar-refractivity contribution in [2.45, 2.75) is 31.7 Å². The summed E-state index contributed by atoms with van der Waals surface area (Å²) < 4.78 is 5.31. The third-order valence-electron chi connectivity index (χ3n) is 3.99. The van der Waals surface area contributed by atoms with E-state index >= 15 is 0 Å². The minimum Gasteiger partial charge on any atom is -0.481 e. The van der Waals surface area contributed by atoms with Gasteiger partial charge in [-0.15, -0.1) is 0 Å². The van der Waals surface area contributed by atoms with Crippen LogP contribution in [0.15, 0.2) is 0 Å². The number of carbonyl (C=O) groups is 2. The van der Waals surface area contributed by atoms with Crippen molar-refractivity contribution >= 4 is 11.9 Å². The zero-order chi connectivity index (χ0) is 13.2. The summed E-state index contributed by atoms with van der Waals surface area (Å²) in [5, 5.41) is 17.8. The Morgan fingerprint density at radius 2 is 1.83 bits per heavy atom. The Labute approximate surface area is 106 Å². The molecule has 0 aromatic carbocycles. The standard InChI is InChI=1S/C12H19NO5/c14-10(15)2-1-9(11(16)17)13-7-12(8-13)3-5-18-6-4-12/h9H,1-8H2,(H,14,15)(H,16,17). The molecule has 2 rings (SSSR count). The molecular weight excluding hydrogens is 238 g/mol. The van der Waals surface area contributed by atoms with Gasteiger partial charge in [0, 0.05) is 38.1 Å². The Bertz CT molecular complexity index is 329. The Morgan fingerprint density at radius 3 is 2.33 bits per heavy atom. The molecule has 2 aliphatic heterocycles. The van der Waals surface area contributed by atoms with Gasteiger partial charge in [-0.2, -0.15) is 0 Å². The molecule has 0 radical (unpaired) electrons. The summed E-state index contributed by atoms with van der Waals surface area (Å²) in [6, 6.07) is -0.658. The Kier molecular flexibility index (Phi) is 3.87. The lowest BCUT2D eigenvalue weighted by molar-refractivity contribution is -0.155. The van der Waals surface area contributed by atoms with Crippen LogP contribution in [0.2, 0.25) is 0 Å². The molecule has 0 aliphatic carbocycles. The maximum absolute atomic E-state index is 11.2. The van der Waals surface area contributed by atoms with Crippen LogP contribution in [0.1, 0.15) is 25.7 Å².